The second-order valence-corrected chi connectivity index (χ2v) is 4.22. The number of aromatic hydroxyl groups is 1. The van der Waals surface area contributed by atoms with Crippen molar-refractivity contribution in [2.45, 2.75) is 12.5 Å². The van der Waals surface area contributed by atoms with Gasteiger partial charge in [-0.2, -0.15) is 0 Å². The van der Waals surface area contributed by atoms with E-state index in [1.165, 1.54) is 12.1 Å². The van der Waals surface area contributed by atoms with Crippen LogP contribution in [0.2, 0.25) is 10.0 Å². The zero-order valence-electron chi connectivity index (χ0n) is 8.91. The normalized spacial score (nSPS) is 11.9. The third kappa shape index (κ3) is 3.63. The number of amides is 1. The Morgan fingerprint density at radius 1 is 1.53 bits per heavy atom. The maximum atomic E-state index is 11.6. The van der Waals surface area contributed by atoms with Crippen molar-refractivity contribution in [1.82, 2.24) is 0 Å². The Morgan fingerprint density at radius 2 is 2.06 bits per heavy atom. The summed E-state index contributed by atoms with van der Waals surface area (Å²) in [6, 6.07) is 2.10. The molecule has 17 heavy (non-hydrogen) atoms. The van der Waals surface area contributed by atoms with Crippen LogP contribution in [0.5, 0.6) is 5.75 Å². The molecule has 0 aliphatic rings. The number of nitrogens with two attached hydrogens (primary N) is 1. The van der Waals surface area contributed by atoms with Gasteiger partial charge in [0.1, 0.15) is 0 Å². The second-order valence-electron chi connectivity index (χ2n) is 3.41. The topological polar surface area (TPSA) is 75.4 Å². The summed E-state index contributed by atoms with van der Waals surface area (Å²) in [4.78, 5) is 11.6. The third-order valence-corrected chi connectivity index (χ3v) is 2.62. The molecule has 4 nitrogen and oxygen atoms in total. The van der Waals surface area contributed by atoms with Crippen LogP contribution in [0.1, 0.15) is 6.42 Å². The number of hydrogen-bond donors (Lipinski definition) is 3. The van der Waals surface area contributed by atoms with Crippen molar-refractivity contribution >= 4 is 34.8 Å². The molecule has 4 N–H and O–H groups in total. The standard InChI is InChI=1S/C11H12Cl2N2O2/c1-2-3-9(14)11(17)15-6-4-7(12)10(16)8(13)5-6/h2,4-5,9,16H,1,3,14H2,(H,15,17). The fraction of sp³-hybridized carbons (Fsp3) is 0.182. The smallest absolute Gasteiger partial charge is 0.241 e. The van der Waals surface area contributed by atoms with Crippen molar-refractivity contribution < 1.29 is 9.90 Å². The van der Waals surface area contributed by atoms with E-state index in [1.807, 2.05) is 0 Å². The van der Waals surface area contributed by atoms with Crippen LogP contribution in [0.25, 0.3) is 0 Å². The lowest BCUT2D eigenvalue weighted by atomic mass is 10.2. The van der Waals surface area contributed by atoms with Crippen LogP contribution in [0.3, 0.4) is 0 Å². The van der Waals surface area contributed by atoms with Gasteiger partial charge in [0.2, 0.25) is 5.91 Å². The van der Waals surface area contributed by atoms with E-state index >= 15 is 0 Å². The molecule has 1 unspecified atom stereocenters. The van der Waals surface area contributed by atoms with Gasteiger partial charge in [-0.1, -0.05) is 29.3 Å². The first-order chi connectivity index (χ1) is 7.95. The summed E-state index contributed by atoms with van der Waals surface area (Å²) in [6.45, 7) is 3.49. The molecule has 92 valence electrons. The monoisotopic (exact) mass is 274 g/mol. The van der Waals surface area contributed by atoms with Crippen molar-refractivity contribution in [2.24, 2.45) is 5.73 Å². The van der Waals surface area contributed by atoms with Gasteiger partial charge >= 0.3 is 0 Å². The first-order valence-electron chi connectivity index (χ1n) is 4.81. The fourth-order valence-corrected chi connectivity index (χ4v) is 1.65. The van der Waals surface area contributed by atoms with E-state index < -0.39 is 6.04 Å². The highest BCUT2D eigenvalue weighted by atomic mass is 35.5. The zero-order valence-corrected chi connectivity index (χ0v) is 10.4. The molecule has 1 rings (SSSR count). The molecule has 1 aromatic carbocycles. The number of carbonyl (C=O) groups excluding carboxylic acids is 1. The number of anilines is 1. The van der Waals surface area contributed by atoms with Crippen molar-refractivity contribution in [3.63, 3.8) is 0 Å². The van der Waals surface area contributed by atoms with Gasteiger partial charge in [-0.15, -0.1) is 6.58 Å². The van der Waals surface area contributed by atoms with E-state index in [2.05, 4.69) is 11.9 Å². The summed E-state index contributed by atoms with van der Waals surface area (Å²) in [5, 5.41) is 12.0. The Kier molecular flexibility index (Phi) is 4.81. The molecule has 0 aromatic heterocycles. The van der Waals surface area contributed by atoms with E-state index in [1.54, 1.807) is 6.08 Å². The zero-order chi connectivity index (χ0) is 13.0. The van der Waals surface area contributed by atoms with Crippen LogP contribution in [0.4, 0.5) is 5.69 Å². The number of halogens is 2. The Labute approximate surface area is 109 Å². The van der Waals surface area contributed by atoms with E-state index in [0.29, 0.717) is 12.1 Å². The molecule has 1 aromatic rings. The molecule has 6 heteroatoms. The minimum absolute atomic E-state index is 0.0603. The van der Waals surface area contributed by atoms with Gasteiger partial charge in [0.25, 0.3) is 0 Å². The maximum Gasteiger partial charge on any atom is 0.241 e. The molecule has 0 saturated heterocycles. The van der Waals surface area contributed by atoms with Gasteiger partial charge in [0.15, 0.2) is 5.75 Å². The van der Waals surface area contributed by atoms with Gasteiger partial charge in [0.05, 0.1) is 16.1 Å². The van der Waals surface area contributed by atoms with Crippen molar-refractivity contribution in [3.8, 4) is 5.75 Å². The Morgan fingerprint density at radius 3 is 2.53 bits per heavy atom. The van der Waals surface area contributed by atoms with Gasteiger partial charge in [-0.05, 0) is 18.6 Å². The van der Waals surface area contributed by atoms with Crippen molar-refractivity contribution in [1.29, 1.82) is 0 Å². The number of phenols is 1. The Bertz CT molecular complexity index is 426. The number of hydrogen-bond acceptors (Lipinski definition) is 3. The number of nitrogens with one attached hydrogen (secondary N) is 1. The summed E-state index contributed by atoms with van der Waals surface area (Å²) in [5.74, 6) is -0.593. The molecule has 0 radical (unpaired) electrons. The summed E-state index contributed by atoms with van der Waals surface area (Å²) < 4.78 is 0. The molecule has 0 bridgehead atoms. The van der Waals surface area contributed by atoms with Crippen molar-refractivity contribution in [2.75, 3.05) is 5.32 Å². The SMILES string of the molecule is C=CCC(N)C(=O)Nc1cc(Cl)c(O)c(Cl)c1. The molecular formula is C11H12Cl2N2O2. The Hall–Kier alpha value is -1.23. The summed E-state index contributed by atoms with van der Waals surface area (Å²) >= 11 is 11.4. The van der Waals surface area contributed by atoms with Crippen LogP contribution in [-0.2, 0) is 4.79 Å². The van der Waals surface area contributed by atoms with Gasteiger partial charge < -0.3 is 16.2 Å². The summed E-state index contributed by atoms with van der Waals surface area (Å²) in [6.07, 6.45) is 1.92. The summed E-state index contributed by atoms with van der Waals surface area (Å²) in [5.41, 5.74) is 5.96. The van der Waals surface area contributed by atoms with E-state index in [9.17, 15) is 9.90 Å². The molecule has 1 atom stereocenters. The quantitative estimate of drug-likeness (QED) is 0.584. The predicted molar refractivity (Wildman–Crippen MR) is 69.5 cm³/mol. The van der Waals surface area contributed by atoms with Gasteiger partial charge in [-0.25, -0.2) is 0 Å². The lowest BCUT2D eigenvalue weighted by molar-refractivity contribution is -0.117. The number of benzene rings is 1. The van der Waals surface area contributed by atoms with Crippen LogP contribution >= 0.6 is 23.2 Å². The highest BCUT2D eigenvalue weighted by Gasteiger charge is 2.13. The molecule has 1 amide bonds. The summed E-state index contributed by atoms with van der Waals surface area (Å²) in [7, 11) is 0. The first kappa shape index (κ1) is 13.8. The molecule has 0 heterocycles. The molecule has 0 spiro atoms. The maximum absolute atomic E-state index is 11.6. The van der Waals surface area contributed by atoms with E-state index in [-0.39, 0.29) is 21.7 Å². The lowest BCUT2D eigenvalue weighted by Crippen LogP contribution is -2.35. The van der Waals surface area contributed by atoms with E-state index in [0.717, 1.165) is 0 Å². The first-order valence-corrected chi connectivity index (χ1v) is 5.56. The van der Waals surface area contributed by atoms with Crippen LogP contribution in [0.15, 0.2) is 24.8 Å². The molecule has 0 fully saturated rings. The Balaban J connectivity index is 2.82. The fourth-order valence-electron chi connectivity index (χ4n) is 1.16. The third-order valence-electron chi connectivity index (χ3n) is 2.04. The van der Waals surface area contributed by atoms with Crippen LogP contribution in [-0.4, -0.2) is 17.1 Å². The van der Waals surface area contributed by atoms with Crippen LogP contribution < -0.4 is 11.1 Å². The number of rotatable bonds is 4. The average molecular weight is 275 g/mol. The number of phenolic OH excluding ortho intramolecular Hbond substituents is 1. The van der Waals surface area contributed by atoms with Gasteiger partial charge in [-0.3, -0.25) is 4.79 Å². The second kappa shape index (κ2) is 5.91. The largest absolute Gasteiger partial charge is 0.505 e. The molecule has 0 saturated carbocycles. The highest BCUT2D eigenvalue weighted by molar-refractivity contribution is 6.37. The molecular weight excluding hydrogens is 263 g/mol. The average Bonchev–Trinajstić information content (AvgIpc) is 2.26. The van der Waals surface area contributed by atoms with Crippen molar-refractivity contribution in [3.05, 3.63) is 34.8 Å². The number of carbonyl (C=O) groups is 1. The predicted octanol–water partition coefficient (Wildman–Crippen LogP) is 2.54. The highest BCUT2D eigenvalue weighted by Crippen LogP contribution is 2.34. The van der Waals surface area contributed by atoms with Crippen LogP contribution in [0, 0.1) is 0 Å². The minimum atomic E-state index is -0.682. The molecule has 0 aliphatic carbocycles. The minimum Gasteiger partial charge on any atom is -0.505 e. The van der Waals surface area contributed by atoms with E-state index in [4.69, 9.17) is 28.9 Å². The molecule has 0 aliphatic heterocycles. The van der Waals surface area contributed by atoms with Gasteiger partial charge in [0, 0.05) is 5.69 Å². The lowest BCUT2D eigenvalue weighted by Gasteiger charge is -2.11.